The molecule has 0 radical (unpaired) electrons. The van der Waals surface area contributed by atoms with E-state index in [2.05, 4.69) is 15.3 Å². The summed E-state index contributed by atoms with van der Waals surface area (Å²) in [5.41, 5.74) is 0.217. The van der Waals surface area contributed by atoms with Crippen molar-refractivity contribution in [2.75, 3.05) is 0 Å². The lowest BCUT2D eigenvalue weighted by Gasteiger charge is -2.29. The number of rotatable bonds is 4. The van der Waals surface area contributed by atoms with Crippen molar-refractivity contribution in [3.05, 3.63) is 18.1 Å². The van der Waals surface area contributed by atoms with Gasteiger partial charge in [-0.3, -0.25) is 4.79 Å². The average Bonchev–Trinajstić information content (AvgIpc) is 2.49. The van der Waals surface area contributed by atoms with Gasteiger partial charge >= 0.3 is 0 Å². The maximum absolute atomic E-state index is 11.3. The minimum Gasteiger partial charge on any atom is -0.472 e. The van der Waals surface area contributed by atoms with Crippen molar-refractivity contribution in [1.29, 1.82) is 5.26 Å². The van der Waals surface area contributed by atoms with Gasteiger partial charge in [0.2, 0.25) is 11.6 Å². The molecule has 20 heavy (non-hydrogen) atoms. The van der Waals surface area contributed by atoms with Gasteiger partial charge in [0.25, 0.3) is 5.88 Å². The zero-order valence-corrected chi connectivity index (χ0v) is 11.5. The van der Waals surface area contributed by atoms with Crippen LogP contribution >= 0.6 is 0 Å². The van der Waals surface area contributed by atoms with Crippen molar-refractivity contribution >= 4 is 5.91 Å². The predicted molar refractivity (Wildman–Crippen MR) is 71.9 cm³/mol. The maximum Gasteiger partial charge on any atom is 0.251 e. The lowest BCUT2D eigenvalue weighted by atomic mass is 9.93. The standard InChI is InChI=1S/C14H18N4O2/c1-2-13(19)18-10-3-5-11(6-4-10)20-14-12(9-15)16-7-8-17-14/h7-8,10-11H,2-6H2,1H3,(H,18,19). The molecular weight excluding hydrogens is 256 g/mol. The third-order valence-corrected chi connectivity index (χ3v) is 3.41. The van der Waals surface area contributed by atoms with Gasteiger partial charge in [0.1, 0.15) is 12.2 Å². The summed E-state index contributed by atoms with van der Waals surface area (Å²) in [7, 11) is 0. The third kappa shape index (κ3) is 3.67. The van der Waals surface area contributed by atoms with Crippen LogP contribution in [0.3, 0.4) is 0 Å². The van der Waals surface area contributed by atoms with Crippen LogP contribution in [-0.2, 0) is 4.79 Å². The van der Waals surface area contributed by atoms with Gasteiger partial charge in [-0.05, 0) is 25.7 Å². The molecule has 0 aromatic carbocycles. The summed E-state index contributed by atoms with van der Waals surface area (Å²) < 4.78 is 5.75. The Morgan fingerprint density at radius 3 is 2.75 bits per heavy atom. The van der Waals surface area contributed by atoms with Crippen LogP contribution in [-0.4, -0.2) is 28.0 Å². The van der Waals surface area contributed by atoms with Gasteiger partial charge in [0, 0.05) is 24.9 Å². The van der Waals surface area contributed by atoms with E-state index in [1.54, 1.807) is 0 Å². The predicted octanol–water partition coefficient (Wildman–Crippen LogP) is 1.56. The van der Waals surface area contributed by atoms with Crippen molar-refractivity contribution < 1.29 is 9.53 Å². The van der Waals surface area contributed by atoms with E-state index in [9.17, 15) is 4.79 Å². The Labute approximate surface area is 118 Å². The second kappa shape index (κ2) is 6.85. The molecule has 0 unspecified atom stereocenters. The van der Waals surface area contributed by atoms with E-state index in [-0.39, 0.29) is 23.7 Å². The summed E-state index contributed by atoms with van der Waals surface area (Å²) in [5.74, 6) is 0.395. The number of nitrogens with zero attached hydrogens (tertiary/aromatic N) is 3. The maximum atomic E-state index is 11.3. The van der Waals surface area contributed by atoms with E-state index in [1.807, 2.05) is 13.0 Å². The molecule has 0 atom stereocenters. The summed E-state index contributed by atoms with van der Waals surface area (Å²) in [6, 6.07) is 2.21. The Hall–Kier alpha value is -2.16. The first-order chi connectivity index (χ1) is 9.72. The second-order valence-corrected chi connectivity index (χ2v) is 4.83. The van der Waals surface area contributed by atoms with Crippen molar-refractivity contribution in [1.82, 2.24) is 15.3 Å². The van der Waals surface area contributed by atoms with Crippen LogP contribution in [0.15, 0.2) is 12.4 Å². The molecule has 1 aliphatic carbocycles. The molecule has 0 spiro atoms. The van der Waals surface area contributed by atoms with E-state index in [1.165, 1.54) is 12.4 Å². The smallest absolute Gasteiger partial charge is 0.251 e. The number of nitriles is 1. The zero-order valence-electron chi connectivity index (χ0n) is 11.5. The highest BCUT2D eigenvalue weighted by molar-refractivity contribution is 5.75. The van der Waals surface area contributed by atoms with Gasteiger partial charge < -0.3 is 10.1 Å². The van der Waals surface area contributed by atoms with Gasteiger partial charge in [0.15, 0.2) is 0 Å². The Kier molecular flexibility index (Phi) is 4.88. The minimum atomic E-state index is 0.0357. The summed E-state index contributed by atoms with van der Waals surface area (Å²) in [6.45, 7) is 1.85. The van der Waals surface area contributed by atoms with Gasteiger partial charge in [-0.2, -0.15) is 5.26 Å². The second-order valence-electron chi connectivity index (χ2n) is 4.83. The van der Waals surface area contributed by atoms with E-state index in [0.717, 1.165) is 25.7 Å². The number of amides is 1. The highest BCUT2D eigenvalue weighted by Crippen LogP contribution is 2.23. The SMILES string of the molecule is CCC(=O)NC1CCC(Oc2nccnc2C#N)CC1. The number of hydrogen-bond donors (Lipinski definition) is 1. The summed E-state index contributed by atoms with van der Waals surface area (Å²) in [5, 5.41) is 11.9. The molecule has 1 saturated carbocycles. The van der Waals surface area contributed by atoms with Crippen LogP contribution in [0.4, 0.5) is 0 Å². The molecule has 1 amide bonds. The molecule has 6 heteroatoms. The number of nitrogens with one attached hydrogen (secondary N) is 1. The van der Waals surface area contributed by atoms with Gasteiger partial charge in [-0.15, -0.1) is 0 Å². The number of aromatic nitrogens is 2. The fraction of sp³-hybridized carbons (Fsp3) is 0.571. The Morgan fingerprint density at radius 1 is 1.40 bits per heavy atom. The molecule has 1 aromatic rings. The average molecular weight is 274 g/mol. The van der Waals surface area contributed by atoms with Crippen molar-refractivity contribution in [3.8, 4) is 11.9 Å². The normalized spacial score (nSPS) is 21.8. The minimum absolute atomic E-state index is 0.0357. The molecule has 1 heterocycles. The third-order valence-electron chi connectivity index (χ3n) is 3.41. The highest BCUT2D eigenvalue weighted by Gasteiger charge is 2.24. The van der Waals surface area contributed by atoms with E-state index in [0.29, 0.717) is 12.3 Å². The Morgan fingerprint density at radius 2 is 2.10 bits per heavy atom. The van der Waals surface area contributed by atoms with Crippen molar-refractivity contribution in [2.24, 2.45) is 0 Å². The van der Waals surface area contributed by atoms with Crippen LogP contribution in [0.2, 0.25) is 0 Å². The molecule has 106 valence electrons. The summed E-state index contributed by atoms with van der Waals surface area (Å²) in [4.78, 5) is 19.3. The lowest BCUT2D eigenvalue weighted by Crippen LogP contribution is -2.39. The van der Waals surface area contributed by atoms with Gasteiger partial charge in [-0.1, -0.05) is 6.92 Å². The van der Waals surface area contributed by atoms with Crippen LogP contribution < -0.4 is 10.1 Å². The topological polar surface area (TPSA) is 87.9 Å². The number of carbonyl (C=O) groups excluding carboxylic acids is 1. The first kappa shape index (κ1) is 14.3. The monoisotopic (exact) mass is 274 g/mol. The highest BCUT2D eigenvalue weighted by atomic mass is 16.5. The summed E-state index contributed by atoms with van der Waals surface area (Å²) in [6.07, 6.45) is 7.00. The lowest BCUT2D eigenvalue weighted by molar-refractivity contribution is -0.121. The van der Waals surface area contributed by atoms with Crippen molar-refractivity contribution in [2.45, 2.75) is 51.2 Å². The zero-order chi connectivity index (χ0) is 14.4. The van der Waals surface area contributed by atoms with E-state index < -0.39 is 0 Å². The van der Waals surface area contributed by atoms with Gasteiger partial charge in [-0.25, -0.2) is 9.97 Å². The molecule has 2 rings (SSSR count). The molecule has 0 saturated heterocycles. The molecule has 1 N–H and O–H groups in total. The van der Waals surface area contributed by atoms with Crippen LogP contribution in [0.5, 0.6) is 5.88 Å². The molecular formula is C14H18N4O2. The molecule has 1 fully saturated rings. The molecule has 0 bridgehead atoms. The largest absolute Gasteiger partial charge is 0.472 e. The van der Waals surface area contributed by atoms with Crippen LogP contribution in [0.1, 0.15) is 44.7 Å². The van der Waals surface area contributed by atoms with Crippen molar-refractivity contribution in [3.63, 3.8) is 0 Å². The first-order valence-corrected chi connectivity index (χ1v) is 6.90. The number of carbonyl (C=O) groups is 1. The molecule has 1 aromatic heterocycles. The van der Waals surface area contributed by atoms with Gasteiger partial charge in [0.05, 0.1) is 0 Å². The van der Waals surface area contributed by atoms with Crippen LogP contribution in [0, 0.1) is 11.3 Å². The molecule has 1 aliphatic rings. The fourth-order valence-corrected chi connectivity index (χ4v) is 2.30. The fourth-order valence-electron chi connectivity index (χ4n) is 2.30. The Bertz CT molecular complexity index is 504. The molecule has 0 aliphatic heterocycles. The molecule has 6 nitrogen and oxygen atoms in total. The van der Waals surface area contributed by atoms with Crippen LogP contribution in [0.25, 0.3) is 0 Å². The number of hydrogen-bond acceptors (Lipinski definition) is 5. The Balaban J connectivity index is 1.86. The summed E-state index contributed by atoms with van der Waals surface area (Å²) >= 11 is 0. The number of ether oxygens (including phenoxy) is 1. The van der Waals surface area contributed by atoms with E-state index in [4.69, 9.17) is 10.00 Å². The quantitative estimate of drug-likeness (QED) is 0.900. The van der Waals surface area contributed by atoms with E-state index >= 15 is 0 Å². The first-order valence-electron chi connectivity index (χ1n) is 6.90.